The third-order valence-electron chi connectivity index (χ3n) is 5.91. The molecule has 2 aliphatic rings. The van der Waals surface area contributed by atoms with Crippen LogP contribution in [0.5, 0.6) is 5.75 Å². The summed E-state index contributed by atoms with van der Waals surface area (Å²) >= 11 is 0. The molecule has 0 aliphatic carbocycles. The van der Waals surface area contributed by atoms with Crippen LogP contribution >= 0.6 is 0 Å². The average molecular weight is 395 g/mol. The highest BCUT2D eigenvalue weighted by molar-refractivity contribution is 5.89. The highest BCUT2D eigenvalue weighted by atomic mass is 16.5. The van der Waals surface area contributed by atoms with E-state index in [4.69, 9.17) is 4.74 Å². The Morgan fingerprint density at radius 3 is 3.03 bits per heavy atom. The van der Waals surface area contributed by atoms with Gasteiger partial charge in [-0.2, -0.15) is 0 Å². The van der Waals surface area contributed by atoms with Crippen molar-refractivity contribution in [2.75, 3.05) is 32.1 Å². The lowest BCUT2D eigenvalue weighted by atomic mass is 10.1. The lowest BCUT2D eigenvalue weighted by molar-refractivity contribution is 0.200. The molecular formula is C23H30N4O2. The molecule has 6 nitrogen and oxygen atoms in total. The zero-order valence-electron chi connectivity index (χ0n) is 17.1. The Labute approximate surface area is 172 Å². The first-order valence-electron chi connectivity index (χ1n) is 10.6. The Morgan fingerprint density at radius 1 is 1.24 bits per heavy atom. The maximum absolute atomic E-state index is 12.8. The second-order valence-corrected chi connectivity index (χ2v) is 8.01. The Morgan fingerprint density at radius 2 is 2.17 bits per heavy atom. The zero-order valence-corrected chi connectivity index (χ0v) is 17.1. The van der Waals surface area contributed by atoms with Crippen molar-refractivity contribution in [1.29, 1.82) is 0 Å². The molecule has 1 aromatic heterocycles. The molecule has 1 saturated heterocycles. The van der Waals surface area contributed by atoms with Crippen molar-refractivity contribution >= 4 is 11.7 Å². The number of carbonyl (C=O) groups excluding carboxylic acids is 1. The molecule has 154 valence electrons. The van der Waals surface area contributed by atoms with Crippen molar-refractivity contribution in [3.05, 3.63) is 53.9 Å². The first kappa shape index (κ1) is 19.7. The summed E-state index contributed by atoms with van der Waals surface area (Å²) < 4.78 is 5.66. The summed E-state index contributed by atoms with van der Waals surface area (Å²) in [6, 6.07) is 12.5. The van der Waals surface area contributed by atoms with E-state index in [2.05, 4.69) is 28.3 Å². The molecule has 1 atom stereocenters. The first-order chi connectivity index (χ1) is 14.2. The van der Waals surface area contributed by atoms with Gasteiger partial charge in [-0.05, 0) is 75.0 Å². The van der Waals surface area contributed by atoms with E-state index in [1.54, 1.807) is 0 Å². The second kappa shape index (κ2) is 9.27. The van der Waals surface area contributed by atoms with Crippen LogP contribution in [0, 0.1) is 0 Å². The number of likely N-dealkylation sites (tertiary alicyclic amines) is 1. The molecule has 1 fully saturated rings. The number of urea groups is 1. The standard InChI is InChI=1S/C23H30N4O2/c1-26(17-20-7-2-3-12-24-20)21-8-4-13-27(14-11-21)23(28)25-19-9-10-22-18(16-19)6-5-15-29-22/h2-3,7,9-10,12,16,21H,4-6,8,11,13-15,17H2,1H3,(H,25,28)/t21-/m0/s1. The summed E-state index contributed by atoms with van der Waals surface area (Å²) in [6.07, 6.45) is 6.98. The molecule has 0 bridgehead atoms. The van der Waals surface area contributed by atoms with Gasteiger partial charge >= 0.3 is 6.03 Å². The number of ether oxygens (including phenoxy) is 1. The number of rotatable bonds is 4. The van der Waals surface area contributed by atoms with Crippen molar-refractivity contribution in [1.82, 2.24) is 14.8 Å². The molecule has 4 rings (SSSR count). The molecule has 2 aliphatic heterocycles. The highest BCUT2D eigenvalue weighted by Gasteiger charge is 2.23. The van der Waals surface area contributed by atoms with Crippen molar-refractivity contribution < 1.29 is 9.53 Å². The maximum Gasteiger partial charge on any atom is 0.321 e. The minimum Gasteiger partial charge on any atom is -0.493 e. The van der Waals surface area contributed by atoms with Gasteiger partial charge in [0, 0.05) is 37.6 Å². The number of hydrogen-bond donors (Lipinski definition) is 1. The third-order valence-corrected chi connectivity index (χ3v) is 5.91. The number of amides is 2. The second-order valence-electron chi connectivity index (χ2n) is 8.01. The number of anilines is 1. The predicted octanol–water partition coefficient (Wildman–Crippen LogP) is 3.93. The smallest absolute Gasteiger partial charge is 0.321 e. The van der Waals surface area contributed by atoms with Gasteiger partial charge in [0.05, 0.1) is 12.3 Å². The van der Waals surface area contributed by atoms with Crippen LogP contribution < -0.4 is 10.1 Å². The lowest BCUT2D eigenvalue weighted by Gasteiger charge is -2.27. The van der Waals surface area contributed by atoms with Crippen molar-refractivity contribution in [3.63, 3.8) is 0 Å². The van der Waals surface area contributed by atoms with E-state index in [9.17, 15) is 4.79 Å². The first-order valence-corrected chi connectivity index (χ1v) is 10.6. The molecule has 0 spiro atoms. The summed E-state index contributed by atoms with van der Waals surface area (Å²) in [4.78, 5) is 21.6. The van der Waals surface area contributed by atoms with Crippen LogP contribution in [0.4, 0.5) is 10.5 Å². The van der Waals surface area contributed by atoms with Gasteiger partial charge < -0.3 is 15.0 Å². The normalized spacial score (nSPS) is 19.2. The van der Waals surface area contributed by atoms with Crippen LogP contribution in [0.15, 0.2) is 42.6 Å². The highest BCUT2D eigenvalue weighted by Crippen LogP contribution is 2.28. The molecule has 29 heavy (non-hydrogen) atoms. The van der Waals surface area contributed by atoms with E-state index in [-0.39, 0.29) is 6.03 Å². The Bertz CT molecular complexity index is 827. The van der Waals surface area contributed by atoms with Gasteiger partial charge in [-0.1, -0.05) is 6.07 Å². The van der Waals surface area contributed by atoms with Crippen LogP contribution in [-0.4, -0.2) is 53.6 Å². The van der Waals surface area contributed by atoms with E-state index < -0.39 is 0 Å². The number of nitrogens with one attached hydrogen (secondary N) is 1. The fraction of sp³-hybridized carbons (Fsp3) is 0.478. The van der Waals surface area contributed by atoms with Crippen molar-refractivity contribution in [2.45, 2.75) is 44.7 Å². The van der Waals surface area contributed by atoms with Gasteiger partial charge in [0.1, 0.15) is 5.75 Å². The summed E-state index contributed by atoms with van der Waals surface area (Å²) in [6.45, 7) is 3.20. The minimum atomic E-state index is -0.00490. The Hall–Kier alpha value is -2.60. The van der Waals surface area contributed by atoms with Crippen LogP contribution in [-0.2, 0) is 13.0 Å². The third kappa shape index (κ3) is 5.07. The van der Waals surface area contributed by atoms with Gasteiger partial charge in [0.15, 0.2) is 0 Å². The van der Waals surface area contributed by atoms with E-state index in [0.29, 0.717) is 6.04 Å². The molecule has 6 heteroatoms. The number of nitrogens with zero attached hydrogens (tertiary/aromatic N) is 3. The monoisotopic (exact) mass is 394 g/mol. The quantitative estimate of drug-likeness (QED) is 0.854. The molecule has 1 N–H and O–H groups in total. The lowest BCUT2D eigenvalue weighted by Crippen LogP contribution is -2.37. The van der Waals surface area contributed by atoms with Gasteiger partial charge in [-0.15, -0.1) is 0 Å². The topological polar surface area (TPSA) is 57.7 Å². The van der Waals surface area contributed by atoms with E-state index in [1.807, 2.05) is 41.4 Å². The summed E-state index contributed by atoms with van der Waals surface area (Å²) in [5, 5.41) is 3.08. The minimum absolute atomic E-state index is 0.00490. The number of carbonyl (C=O) groups is 1. The van der Waals surface area contributed by atoms with Crippen LogP contribution in [0.25, 0.3) is 0 Å². The van der Waals surface area contributed by atoms with Crippen LogP contribution in [0.2, 0.25) is 0 Å². The van der Waals surface area contributed by atoms with Crippen molar-refractivity contribution in [3.8, 4) is 5.75 Å². The molecule has 0 unspecified atom stereocenters. The summed E-state index contributed by atoms with van der Waals surface area (Å²) in [5.41, 5.74) is 3.12. The molecule has 0 radical (unpaired) electrons. The summed E-state index contributed by atoms with van der Waals surface area (Å²) in [7, 11) is 2.16. The molecule has 0 saturated carbocycles. The fourth-order valence-electron chi connectivity index (χ4n) is 4.24. The van der Waals surface area contributed by atoms with E-state index in [1.165, 1.54) is 5.56 Å². The SMILES string of the molecule is CN(Cc1ccccn1)[C@H]1CCCN(C(=O)Nc2ccc3c(c2)CCCO3)CC1. The molecule has 2 aromatic rings. The number of hydrogen-bond acceptors (Lipinski definition) is 4. The van der Waals surface area contributed by atoms with Crippen LogP contribution in [0.1, 0.15) is 36.9 Å². The van der Waals surface area contributed by atoms with Crippen LogP contribution in [0.3, 0.4) is 0 Å². The number of fused-ring (bicyclic) bond motifs is 1. The molecule has 2 amide bonds. The maximum atomic E-state index is 12.8. The number of benzene rings is 1. The van der Waals surface area contributed by atoms with Gasteiger partial charge in [-0.25, -0.2) is 4.79 Å². The Kier molecular flexibility index (Phi) is 6.30. The largest absolute Gasteiger partial charge is 0.493 e. The van der Waals surface area contributed by atoms with Gasteiger partial charge in [0.25, 0.3) is 0 Å². The number of aryl methyl sites for hydroxylation is 1. The fourth-order valence-corrected chi connectivity index (χ4v) is 4.24. The predicted molar refractivity (Wildman–Crippen MR) is 114 cm³/mol. The van der Waals surface area contributed by atoms with E-state index in [0.717, 1.165) is 75.5 Å². The molecular weight excluding hydrogens is 364 g/mol. The Balaban J connectivity index is 1.31. The van der Waals surface area contributed by atoms with Gasteiger partial charge in [0.2, 0.25) is 0 Å². The average Bonchev–Trinajstić information content (AvgIpc) is 3.01. The van der Waals surface area contributed by atoms with Gasteiger partial charge in [-0.3, -0.25) is 9.88 Å². The molecule has 3 heterocycles. The molecule has 1 aromatic carbocycles. The zero-order chi connectivity index (χ0) is 20.1. The van der Waals surface area contributed by atoms with Crippen molar-refractivity contribution in [2.24, 2.45) is 0 Å². The van der Waals surface area contributed by atoms with E-state index >= 15 is 0 Å². The number of aromatic nitrogens is 1. The summed E-state index contributed by atoms with van der Waals surface area (Å²) in [5.74, 6) is 0.947. The number of pyridine rings is 1.